The van der Waals surface area contributed by atoms with Crippen molar-refractivity contribution in [2.24, 2.45) is 0 Å². The Morgan fingerprint density at radius 2 is 1.69 bits per heavy atom. The van der Waals surface area contributed by atoms with Crippen molar-refractivity contribution in [3.05, 3.63) is 0 Å². The van der Waals surface area contributed by atoms with Gasteiger partial charge in [-0.15, -0.1) is 0 Å². The van der Waals surface area contributed by atoms with Crippen LogP contribution in [0.4, 0.5) is 0 Å². The van der Waals surface area contributed by atoms with Crippen molar-refractivity contribution in [1.29, 1.82) is 0 Å². The van der Waals surface area contributed by atoms with Crippen molar-refractivity contribution in [2.75, 3.05) is 46.4 Å². The number of hydrogen-bond acceptors (Lipinski definition) is 3. The highest BCUT2D eigenvalue weighted by molar-refractivity contribution is 4.68. The molecule has 3 heteroatoms. The highest BCUT2D eigenvalue weighted by atomic mass is 16.2. The molecule has 0 amide bonds. The van der Waals surface area contributed by atoms with Gasteiger partial charge in [0.1, 0.15) is 0 Å². The molecular formula is C10H22N2O. The van der Waals surface area contributed by atoms with E-state index in [4.69, 9.17) is 5.11 Å². The van der Waals surface area contributed by atoms with E-state index in [0.717, 1.165) is 6.42 Å². The van der Waals surface area contributed by atoms with Crippen LogP contribution < -0.4 is 0 Å². The third-order valence-corrected chi connectivity index (χ3v) is 2.73. The summed E-state index contributed by atoms with van der Waals surface area (Å²) >= 11 is 0. The Balaban J connectivity index is 1.96. The first kappa shape index (κ1) is 11.0. The zero-order chi connectivity index (χ0) is 9.52. The molecule has 0 atom stereocenters. The minimum absolute atomic E-state index is 0.350. The van der Waals surface area contributed by atoms with Crippen LogP contribution >= 0.6 is 0 Å². The number of likely N-dealkylation sites (N-methyl/N-ethyl adjacent to an activating group) is 1. The molecule has 0 bridgehead atoms. The van der Waals surface area contributed by atoms with E-state index in [1.54, 1.807) is 0 Å². The molecule has 0 aliphatic carbocycles. The first-order chi connectivity index (χ1) is 6.33. The van der Waals surface area contributed by atoms with E-state index in [1.807, 2.05) is 0 Å². The molecule has 0 radical (unpaired) electrons. The topological polar surface area (TPSA) is 26.7 Å². The highest BCUT2D eigenvalue weighted by Crippen LogP contribution is 2.02. The Bertz CT molecular complexity index is 122. The lowest BCUT2D eigenvalue weighted by Crippen LogP contribution is -2.44. The summed E-state index contributed by atoms with van der Waals surface area (Å²) in [5.74, 6) is 0. The number of nitrogens with zero attached hydrogens (tertiary/aromatic N) is 2. The van der Waals surface area contributed by atoms with Crippen LogP contribution in [0.25, 0.3) is 0 Å². The number of piperazine rings is 1. The molecule has 78 valence electrons. The smallest absolute Gasteiger partial charge is 0.0431 e. The van der Waals surface area contributed by atoms with Gasteiger partial charge in [-0.25, -0.2) is 0 Å². The van der Waals surface area contributed by atoms with Gasteiger partial charge in [0.05, 0.1) is 0 Å². The minimum Gasteiger partial charge on any atom is -0.396 e. The Kier molecular flexibility index (Phi) is 5.35. The third-order valence-electron chi connectivity index (χ3n) is 2.73. The molecule has 0 aromatic carbocycles. The molecule has 1 N–H and O–H groups in total. The Morgan fingerprint density at radius 1 is 1.00 bits per heavy atom. The zero-order valence-corrected chi connectivity index (χ0v) is 8.71. The van der Waals surface area contributed by atoms with Gasteiger partial charge in [-0.3, -0.25) is 0 Å². The first-order valence-corrected chi connectivity index (χ1v) is 5.34. The van der Waals surface area contributed by atoms with Crippen LogP contribution in [0.1, 0.15) is 19.3 Å². The molecule has 1 aliphatic heterocycles. The Hall–Kier alpha value is -0.120. The van der Waals surface area contributed by atoms with E-state index in [0.29, 0.717) is 6.61 Å². The Morgan fingerprint density at radius 3 is 2.31 bits per heavy atom. The fraction of sp³-hybridized carbons (Fsp3) is 1.00. The van der Waals surface area contributed by atoms with Crippen molar-refractivity contribution < 1.29 is 5.11 Å². The SMILES string of the molecule is CN1CCN(CCCCCO)CC1. The number of unbranched alkanes of at least 4 members (excludes halogenated alkanes) is 2. The van der Waals surface area contributed by atoms with Crippen LogP contribution in [-0.2, 0) is 0 Å². The molecule has 0 unspecified atom stereocenters. The summed E-state index contributed by atoms with van der Waals surface area (Å²) in [6.45, 7) is 6.42. The molecular weight excluding hydrogens is 164 g/mol. The van der Waals surface area contributed by atoms with Crippen molar-refractivity contribution >= 4 is 0 Å². The quantitative estimate of drug-likeness (QED) is 0.629. The Labute approximate surface area is 81.3 Å². The second-order valence-electron chi connectivity index (χ2n) is 3.93. The summed E-state index contributed by atoms with van der Waals surface area (Å²) in [6, 6.07) is 0. The largest absolute Gasteiger partial charge is 0.396 e. The summed E-state index contributed by atoms with van der Waals surface area (Å²) in [5.41, 5.74) is 0. The molecule has 0 aromatic rings. The van der Waals surface area contributed by atoms with E-state index in [-0.39, 0.29) is 0 Å². The maximum Gasteiger partial charge on any atom is 0.0431 e. The normalized spacial score (nSPS) is 20.8. The van der Waals surface area contributed by atoms with E-state index in [2.05, 4.69) is 16.8 Å². The highest BCUT2D eigenvalue weighted by Gasteiger charge is 2.12. The molecule has 13 heavy (non-hydrogen) atoms. The second kappa shape index (κ2) is 6.35. The van der Waals surface area contributed by atoms with Gasteiger partial charge in [0.15, 0.2) is 0 Å². The number of aliphatic hydroxyl groups is 1. The molecule has 1 rings (SSSR count). The van der Waals surface area contributed by atoms with Crippen molar-refractivity contribution in [2.45, 2.75) is 19.3 Å². The van der Waals surface area contributed by atoms with Crippen LogP contribution in [0.2, 0.25) is 0 Å². The van der Waals surface area contributed by atoms with Crippen LogP contribution in [0.5, 0.6) is 0 Å². The van der Waals surface area contributed by atoms with Crippen LogP contribution in [0, 0.1) is 0 Å². The number of aliphatic hydroxyl groups excluding tert-OH is 1. The molecule has 1 heterocycles. The van der Waals surface area contributed by atoms with Crippen molar-refractivity contribution in [3.63, 3.8) is 0 Å². The lowest BCUT2D eigenvalue weighted by molar-refractivity contribution is 0.151. The summed E-state index contributed by atoms with van der Waals surface area (Å²) in [7, 11) is 2.18. The molecule has 0 saturated carbocycles. The van der Waals surface area contributed by atoms with Crippen molar-refractivity contribution in [1.82, 2.24) is 9.80 Å². The summed E-state index contributed by atoms with van der Waals surface area (Å²) < 4.78 is 0. The van der Waals surface area contributed by atoms with Gasteiger partial charge in [0.2, 0.25) is 0 Å². The maximum absolute atomic E-state index is 8.62. The summed E-state index contributed by atoms with van der Waals surface area (Å²) in [6.07, 6.45) is 3.38. The van der Waals surface area contributed by atoms with Crippen LogP contribution in [-0.4, -0.2) is 61.3 Å². The lowest BCUT2D eigenvalue weighted by atomic mass is 10.2. The number of hydrogen-bond donors (Lipinski definition) is 1. The lowest BCUT2D eigenvalue weighted by Gasteiger charge is -2.32. The van der Waals surface area contributed by atoms with Gasteiger partial charge < -0.3 is 14.9 Å². The molecule has 1 fully saturated rings. The molecule has 1 saturated heterocycles. The summed E-state index contributed by atoms with van der Waals surface area (Å²) in [5, 5.41) is 8.62. The first-order valence-electron chi connectivity index (χ1n) is 5.34. The summed E-state index contributed by atoms with van der Waals surface area (Å²) in [4.78, 5) is 4.90. The standard InChI is InChI=1S/C10H22N2O/c1-11-6-8-12(9-7-11)5-3-2-4-10-13/h13H,2-10H2,1H3. The molecule has 0 spiro atoms. The van der Waals surface area contributed by atoms with Crippen LogP contribution in [0.15, 0.2) is 0 Å². The predicted octanol–water partition coefficient (Wildman–Crippen LogP) is 0.396. The fourth-order valence-electron chi connectivity index (χ4n) is 1.70. The number of rotatable bonds is 5. The van der Waals surface area contributed by atoms with E-state index in [1.165, 1.54) is 45.6 Å². The van der Waals surface area contributed by atoms with Gasteiger partial charge in [0.25, 0.3) is 0 Å². The molecule has 0 aromatic heterocycles. The van der Waals surface area contributed by atoms with Gasteiger partial charge in [0, 0.05) is 32.8 Å². The maximum atomic E-state index is 8.62. The van der Waals surface area contributed by atoms with Gasteiger partial charge in [-0.1, -0.05) is 0 Å². The molecule has 3 nitrogen and oxygen atoms in total. The average molecular weight is 186 g/mol. The zero-order valence-electron chi connectivity index (χ0n) is 8.71. The minimum atomic E-state index is 0.350. The van der Waals surface area contributed by atoms with Gasteiger partial charge in [-0.05, 0) is 32.9 Å². The van der Waals surface area contributed by atoms with Crippen LogP contribution in [0.3, 0.4) is 0 Å². The fourth-order valence-corrected chi connectivity index (χ4v) is 1.70. The van der Waals surface area contributed by atoms with E-state index in [9.17, 15) is 0 Å². The van der Waals surface area contributed by atoms with Crippen molar-refractivity contribution in [3.8, 4) is 0 Å². The van der Waals surface area contributed by atoms with E-state index < -0.39 is 0 Å². The average Bonchev–Trinajstić information content (AvgIpc) is 2.15. The van der Waals surface area contributed by atoms with E-state index >= 15 is 0 Å². The monoisotopic (exact) mass is 186 g/mol. The third kappa shape index (κ3) is 4.60. The second-order valence-corrected chi connectivity index (χ2v) is 3.93. The van der Waals surface area contributed by atoms with Gasteiger partial charge >= 0.3 is 0 Å². The predicted molar refractivity (Wildman–Crippen MR) is 54.9 cm³/mol. The van der Waals surface area contributed by atoms with Gasteiger partial charge in [-0.2, -0.15) is 0 Å². The molecule has 1 aliphatic rings.